The van der Waals surface area contributed by atoms with Crippen LogP contribution in [0.25, 0.3) is 0 Å². The fraction of sp³-hybridized carbons (Fsp3) is 0.417. The number of hydrogen-bond donors (Lipinski definition) is 1. The molecule has 0 radical (unpaired) electrons. The van der Waals surface area contributed by atoms with Gasteiger partial charge in [-0.1, -0.05) is 0 Å². The fourth-order valence-corrected chi connectivity index (χ4v) is 1.63. The molecule has 0 saturated heterocycles. The second-order valence-electron chi connectivity index (χ2n) is 4.06. The molecule has 2 N–H and O–H groups in total. The van der Waals surface area contributed by atoms with Crippen molar-refractivity contribution in [2.45, 2.75) is 18.4 Å². The van der Waals surface area contributed by atoms with Crippen molar-refractivity contribution in [3.63, 3.8) is 0 Å². The first kappa shape index (κ1) is 11.0. The minimum Gasteiger partial charge on any atom is -0.493 e. The van der Waals surface area contributed by atoms with E-state index in [2.05, 4.69) is 0 Å². The number of Topliss-reactive ketones (excluding diaryl/α,β-unsaturated/α-hetero) is 1. The lowest BCUT2D eigenvalue weighted by Gasteiger charge is -2.11. The molecule has 0 aromatic heterocycles. The minimum absolute atomic E-state index is 0.0200. The van der Waals surface area contributed by atoms with E-state index >= 15 is 0 Å². The minimum atomic E-state index is -0.639. The van der Waals surface area contributed by atoms with Gasteiger partial charge in [-0.15, -0.1) is 0 Å². The molecule has 1 aromatic carbocycles. The molecule has 16 heavy (non-hydrogen) atoms. The van der Waals surface area contributed by atoms with Crippen LogP contribution in [0.15, 0.2) is 18.2 Å². The van der Waals surface area contributed by atoms with Crippen molar-refractivity contribution in [2.75, 3.05) is 14.2 Å². The highest BCUT2D eigenvalue weighted by atomic mass is 16.5. The molecule has 1 aliphatic carbocycles. The second kappa shape index (κ2) is 3.79. The number of rotatable bonds is 4. The predicted molar refractivity (Wildman–Crippen MR) is 60.0 cm³/mol. The fourth-order valence-electron chi connectivity index (χ4n) is 1.63. The van der Waals surface area contributed by atoms with Crippen LogP contribution in [0.4, 0.5) is 0 Å². The molecule has 0 amide bonds. The summed E-state index contributed by atoms with van der Waals surface area (Å²) in [6.07, 6.45) is 1.53. The maximum absolute atomic E-state index is 12.0. The summed E-state index contributed by atoms with van der Waals surface area (Å²) in [4.78, 5) is 12.0. The smallest absolute Gasteiger partial charge is 0.182 e. The van der Waals surface area contributed by atoms with Gasteiger partial charge < -0.3 is 15.2 Å². The van der Waals surface area contributed by atoms with Gasteiger partial charge in [0.2, 0.25) is 0 Å². The topological polar surface area (TPSA) is 61.5 Å². The van der Waals surface area contributed by atoms with E-state index in [9.17, 15) is 4.79 Å². The molecule has 0 heterocycles. The van der Waals surface area contributed by atoms with Gasteiger partial charge in [0.25, 0.3) is 0 Å². The van der Waals surface area contributed by atoms with Crippen molar-refractivity contribution in [1.82, 2.24) is 0 Å². The lowest BCUT2D eigenvalue weighted by Crippen LogP contribution is -2.32. The van der Waals surface area contributed by atoms with Gasteiger partial charge in [0.15, 0.2) is 17.3 Å². The van der Waals surface area contributed by atoms with Crippen LogP contribution >= 0.6 is 0 Å². The number of benzene rings is 1. The third-order valence-electron chi connectivity index (χ3n) is 2.89. The largest absolute Gasteiger partial charge is 0.493 e. The van der Waals surface area contributed by atoms with Crippen LogP contribution in [-0.2, 0) is 0 Å². The summed E-state index contributed by atoms with van der Waals surface area (Å²) in [6.45, 7) is 0. The monoisotopic (exact) mass is 221 g/mol. The zero-order chi connectivity index (χ0) is 11.8. The number of methoxy groups -OCH3 is 2. The summed E-state index contributed by atoms with van der Waals surface area (Å²) >= 11 is 0. The van der Waals surface area contributed by atoms with Gasteiger partial charge in [-0.3, -0.25) is 4.79 Å². The number of carbonyl (C=O) groups excluding carboxylic acids is 1. The molecule has 4 nitrogen and oxygen atoms in total. The van der Waals surface area contributed by atoms with E-state index in [1.165, 1.54) is 0 Å². The Morgan fingerprint density at radius 3 is 2.38 bits per heavy atom. The number of ketones is 1. The summed E-state index contributed by atoms with van der Waals surface area (Å²) < 4.78 is 10.2. The molecule has 2 rings (SSSR count). The van der Waals surface area contributed by atoms with Crippen molar-refractivity contribution in [2.24, 2.45) is 5.73 Å². The summed E-state index contributed by atoms with van der Waals surface area (Å²) in [5.74, 6) is 1.15. The standard InChI is InChI=1S/C12H15NO3/c1-15-9-4-3-8(7-10(9)16-2)11(14)12(13)5-6-12/h3-4,7H,5-6,13H2,1-2H3. The molecular weight excluding hydrogens is 206 g/mol. The number of ether oxygens (including phenoxy) is 2. The summed E-state index contributed by atoms with van der Waals surface area (Å²) in [5.41, 5.74) is 5.80. The van der Waals surface area contributed by atoms with Crippen molar-refractivity contribution in [3.8, 4) is 11.5 Å². The van der Waals surface area contributed by atoms with Crippen molar-refractivity contribution < 1.29 is 14.3 Å². The Hall–Kier alpha value is -1.55. The molecule has 4 heteroatoms. The molecule has 1 aliphatic rings. The van der Waals surface area contributed by atoms with Crippen LogP contribution in [-0.4, -0.2) is 25.5 Å². The van der Waals surface area contributed by atoms with Crippen LogP contribution in [0.3, 0.4) is 0 Å². The van der Waals surface area contributed by atoms with Gasteiger partial charge in [0.1, 0.15) is 0 Å². The molecular formula is C12H15NO3. The predicted octanol–water partition coefficient (Wildman–Crippen LogP) is 1.38. The molecule has 86 valence electrons. The summed E-state index contributed by atoms with van der Waals surface area (Å²) in [6, 6.07) is 5.11. The van der Waals surface area contributed by atoms with Crippen molar-refractivity contribution in [3.05, 3.63) is 23.8 Å². The van der Waals surface area contributed by atoms with Crippen molar-refractivity contribution >= 4 is 5.78 Å². The Labute approximate surface area is 94.3 Å². The van der Waals surface area contributed by atoms with E-state index in [0.717, 1.165) is 12.8 Å². The highest BCUT2D eigenvalue weighted by Crippen LogP contribution is 2.37. The van der Waals surface area contributed by atoms with E-state index < -0.39 is 5.54 Å². The van der Waals surface area contributed by atoms with E-state index in [-0.39, 0.29) is 5.78 Å². The van der Waals surface area contributed by atoms with Crippen LogP contribution in [0.1, 0.15) is 23.2 Å². The van der Waals surface area contributed by atoms with Crippen molar-refractivity contribution in [1.29, 1.82) is 0 Å². The van der Waals surface area contributed by atoms with E-state index in [4.69, 9.17) is 15.2 Å². The highest BCUT2D eigenvalue weighted by molar-refractivity contribution is 6.05. The lowest BCUT2D eigenvalue weighted by atomic mass is 10.0. The summed E-state index contributed by atoms with van der Waals surface area (Å²) in [7, 11) is 3.10. The molecule has 0 aliphatic heterocycles. The van der Waals surface area contributed by atoms with Crippen LogP contribution in [0, 0.1) is 0 Å². The normalized spacial score (nSPS) is 16.7. The molecule has 0 spiro atoms. The molecule has 0 atom stereocenters. The maximum Gasteiger partial charge on any atom is 0.182 e. The first-order valence-electron chi connectivity index (χ1n) is 5.16. The average molecular weight is 221 g/mol. The Kier molecular flexibility index (Phi) is 2.59. The first-order chi connectivity index (χ1) is 7.60. The number of carbonyl (C=O) groups is 1. The quantitative estimate of drug-likeness (QED) is 0.780. The third kappa shape index (κ3) is 1.76. The van der Waals surface area contributed by atoms with Gasteiger partial charge >= 0.3 is 0 Å². The van der Waals surface area contributed by atoms with Gasteiger partial charge in [-0.2, -0.15) is 0 Å². The number of hydrogen-bond acceptors (Lipinski definition) is 4. The zero-order valence-corrected chi connectivity index (χ0v) is 9.45. The Morgan fingerprint density at radius 2 is 1.88 bits per heavy atom. The van der Waals surface area contributed by atoms with Gasteiger partial charge in [0, 0.05) is 5.56 Å². The molecule has 0 unspecified atom stereocenters. The molecule has 1 fully saturated rings. The maximum atomic E-state index is 12.0. The zero-order valence-electron chi connectivity index (χ0n) is 9.45. The average Bonchev–Trinajstić information content (AvgIpc) is 3.06. The van der Waals surface area contributed by atoms with Crippen LogP contribution < -0.4 is 15.2 Å². The summed E-state index contributed by atoms with van der Waals surface area (Å²) in [5, 5.41) is 0. The lowest BCUT2D eigenvalue weighted by molar-refractivity contribution is 0.0949. The Morgan fingerprint density at radius 1 is 1.25 bits per heavy atom. The van der Waals surface area contributed by atoms with Crippen LogP contribution in [0.2, 0.25) is 0 Å². The highest BCUT2D eigenvalue weighted by Gasteiger charge is 2.46. The van der Waals surface area contributed by atoms with Gasteiger partial charge in [0.05, 0.1) is 19.8 Å². The number of nitrogens with two attached hydrogens (primary N) is 1. The second-order valence-corrected chi connectivity index (χ2v) is 4.06. The van der Waals surface area contributed by atoms with E-state index in [0.29, 0.717) is 17.1 Å². The van der Waals surface area contributed by atoms with Gasteiger partial charge in [-0.05, 0) is 31.0 Å². The molecule has 1 saturated carbocycles. The first-order valence-corrected chi connectivity index (χ1v) is 5.16. The Balaban J connectivity index is 2.32. The van der Waals surface area contributed by atoms with E-state index in [1.807, 2.05) is 0 Å². The van der Waals surface area contributed by atoms with Gasteiger partial charge in [-0.25, -0.2) is 0 Å². The SMILES string of the molecule is COc1ccc(C(=O)C2(N)CC2)cc1OC. The molecule has 0 bridgehead atoms. The Bertz CT molecular complexity index is 424. The molecule has 1 aromatic rings. The van der Waals surface area contributed by atoms with Crippen LogP contribution in [0.5, 0.6) is 11.5 Å². The third-order valence-corrected chi connectivity index (χ3v) is 2.89. The van der Waals surface area contributed by atoms with E-state index in [1.54, 1.807) is 32.4 Å².